The molecule has 0 aliphatic heterocycles. The Bertz CT molecular complexity index is 446. The molecule has 1 rings (SSSR count). The van der Waals surface area contributed by atoms with Gasteiger partial charge in [-0.25, -0.2) is 4.39 Å². The summed E-state index contributed by atoms with van der Waals surface area (Å²) in [5.41, 5.74) is 0.728. The number of aryl methyl sites for hydroxylation is 1. The molecule has 1 amide bonds. The van der Waals surface area contributed by atoms with Crippen LogP contribution in [0.25, 0.3) is 0 Å². The molecule has 0 bridgehead atoms. The van der Waals surface area contributed by atoms with Gasteiger partial charge in [-0.3, -0.25) is 4.79 Å². The van der Waals surface area contributed by atoms with Gasteiger partial charge in [0.05, 0.1) is 6.61 Å². The first-order valence-corrected chi connectivity index (χ1v) is 5.48. The number of carbonyl (C=O) groups is 1. The number of ether oxygens (including phenoxy) is 1. The van der Waals surface area contributed by atoms with E-state index < -0.39 is 24.5 Å². The molecule has 106 valence electrons. The predicted molar refractivity (Wildman–Crippen MR) is 60.3 cm³/mol. The summed E-state index contributed by atoms with van der Waals surface area (Å²) in [6, 6.07) is 3.66. The van der Waals surface area contributed by atoms with E-state index in [1.54, 1.807) is 6.92 Å². The highest BCUT2D eigenvalue weighted by atomic mass is 19.4. The average Bonchev–Trinajstić information content (AvgIpc) is 2.26. The first-order valence-electron chi connectivity index (χ1n) is 5.48. The number of hydrogen-bond acceptors (Lipinski definition) is 2. The molecular formula is C12H13F4NO2. The fourth-order valence-corrected chi connectivity index (χ4v) is 1.40. The van der Waals surface area contributed by atoms with Gasteiger partial charge < -0.3 is 10.1 Å². The van der Waals surface area contributed by atoms with Crippen molar-refractivity contribution in [3.8, 4) is 0 Å². The summed E-state index contributed by atoms with van der Waals surface area (Å²) in [4.78, 5) is 11.6. The molecule has 0 saturated heterocycles. The normalized spacial score (nSPS) is 11.4. The standard InChI is InChI=1S/C12H13F4NO2/c1-8-6-9(13)2-3-10(8)11(18)17-4-5-19-7-12(14,15)16/h2-3,6H,4-5,7H2,1H3,(H,17,18). The van der Waals surface area contributed by atoms with E-state index in [1.807, 2.05) is 0 Å². The molecule has 0 fully saturated rings. The largest absolute Gasteiger partial charge is 0.411 e. The molecule has 0 saturated carbocycles. The molecule has 1 N–H and O–H groups in total. The third kappa shape index (κ3) is 5.69. The molecule has 0 aliphatic rings. The smallest absolute Gasteiger partial charge is 0.370 e. The Labute approximate surface area is 107 Å². The molecule has 0 aliphatic carbocycles. The number of rotatable bonds is 5. The molecule has 19 heavy (non-hydrogen) atoms. The van der Waals surface area contributed by atoms with E-state index in [2.05, 4.69) is 10.1 Å². The zero-order chi connectivity index (χ0) is 14.5. The van der Waals surface area contributed by atoms with Crippen LogP contribution in [-0.2, 0) is 4.74 Å². The van der Waals surface area contributed by atoms with Gasteiger partial charge in [-0.2, -0.15) is 13.2 Å². The third-order valence-corrected chi connectivity index (χ3v) is 2.23. The van der Waals surface area contributed by atoms with E-state index in [0.717, 1.165) is 6.07 Å². The first kappa shape index (κ1) is 15.4. The topological polar surface area (TPSA) is 38.3 Å². The molecule has 1 aromatic carbocycles. The number of carbonyl (C=O) groups excluding carboxylic acids is 1. The summed E-state index contributed by atoms with van der Waals surface area (Å²) in [6.07, 6.45) is -4.38. The minimum atomic E-state index is -4.38. The Morgan fingerprint density at radius 1 is 1.37 bits per heavy atom. The number of benzene rings is 1. The van der Waals surface area contributed by atoms with Crippen molar-refractivity contribution in [2.24, 2.45) is 0 Å². The van der Waals surface area contributed by atoms with Crippen molar-refractivity contribution in [2.75, 3.05) is 19.8 Å². The quantitative estimate of drug-likeness (QED) is 0.664. The molecule has 7 heteroatoms. The highest BCUT2D eigenvalue weighted by Gasteiger charge is 2.27. The highest BCUT2D eigenvalue weighted by Crippen LogP contribution is 2.14. The molecule has 1 aromatic rings. The van der Waals surface area contributed by atoms with Crippen LogP contribution < -0.4 is 5.32 Å². The summed E-state index contributed by atoms with van der Waals surface area (Å²) in [5, 5.41) is 2.39. The minimum absolute atomic E-state index is 0.0499. The molecule has 0 unspecified atom stereocenters. The molecule has 0 spiro atoms. The number of amides is 1. The van der Waals surface area contributed by atoms with Gasteiger partial charge in [0.15, 0.2) is 0 Å². The van der Waals surface area contributed by atoms with Gasteiger partial charge in [-0.1, -0.05) is 0 Å². The van der Waals surface area contributed by atoms with Crippen molar-refractivity contribution in [3.63, 3.8) is 0 Å². The van der Waals surface area contributed by atoms with Crippen molar-refractivity contribution >= 4 is 5.91 Å². The summed E-state index contributed by atoms with van der Waals surface area (Å²) < 4.78 is 52.4. The van der Waals surface area contributed by atoms with Crippen LogP contribution in [-0.4, -0.2) is 31.8 Å². The predicted octanol–water partition coefficient (Wildman–Crippen LogP) is 2.44. The SMILES string of the molecule is Cc1cc(F)ccc1C(=O)NCCOCC(F)(F)F. The number of alkyl halides is 3. The summed E-state index contributed by atoms with van der Waals surface area (Å²) in [5.74, 6) is -0.935. The summed E-state index contributed by atoms with van der Waals surface area (Å²) in [6.45, 7) is -0.0756. The Kier molecular flexibility index (Phi) is 5.29. The number of hydrogen-bond donors (Lipinski definition) is 1. The fraction of sp³-hybridized carbons (Fsp3) is 0.417. The first-order chi connectivity index (χ1) is 8.79. The average molecular weight is 279 g/mol. The molecule has 0 heterocycles. The second kappa shape index (κ2) is 6.51. The van der Waals surface area contributed by atoms with E-state index in [0.29, 0.717) is 5.56 Å². The van der Waals surface area contributed by atoms with E-state index in [1.165, 1.54) is 12.1 Å². The Balaban J connectivity index is 2.36. The van der Waals surface area contributed by atoms with Crippen LogP contribution in [0.15, 0.2) is 18.2 Å². The van der Waals surface area contributed by atoms with Crippen LogP contribution in [0.3, 0.4) is 0 Å². The lowest BCUT2D eigenvalue weighted by molar-refractivity contribution is -0.173. The fourth-order valence-electron chi connectivity index (χ4n) is 1.40. The Morgan fingerprint density at radius 3 is 2.63 bits per heavy atom. The van der Waals surface area contributed by atoms with Crippen LogP contribution in [0.1, 0.15) is 15.9 Å². The molecule has 3 nitrogen and oxygen atoms in total. The van der Waals surface area contributed by atoms with Crippen LogP contribution in [0.4, 0.5) is 17.6 Å². The maximum atomic E-state index is 12.8. The van der Waals surface area contributed by atoms with Gasteiger partial charge >= 0.3 is 6.18 Å². The van der Waals surface area contributed by atoms with Gasteiger partial charge in [0.2, 0.25) is 0 Å². The van der Waals surface area contributed by atoms with Gasteiger partial charge in [-0.15, -0.1) is 0 Å². The lowest BCUT2D eigenvalue weighted by atomic mass is 10.1. The monoisotopic (exact) mass is 279 g/mol. The second-order valence-electron chi connectivity index (χ2n) is 3.88. The van der Waals surface area contributed by atoms with E-state index in [-0.39, 0.29) is 18.7 Å². The molecule has 0 radical (unpaired) electrons. The maximum absolute atomic E-state index is 12.8. The summed E-state index contributed by atoms with van der Waals surface area (Å²) >= 11 is 0. The van der Waals surface area contributed by atoms with Crippen molar-refractivity contribution in [2.45, 2.75) is 13.1 Å². The van der Waals surface area contributed by atoms with Crippen LogP contribution in [0.5, 0.6) is 0 Å². The second-order valence-corrected chi connectivity index (χ2v) is 3.88. The Hall–Kier alpha value is -1.63. The van der Waals surface area contributed by atoms with Crippen molar-refractivity contribution < 1.29 is 27.1 Å². The number of nitrogens with one attached hydrogen (secondary N) is 1. The van der Waals surface area contributed by atoms with E-state index in [4.69, 9.17) is 0 Å². The van der Waals surface area contributed by atoms with Crippen LogP contribution in [0.2, 0.25) is 0 Å². The molecule has 0 atom stereocenters. The number of halogens is 4. The minimum Gasteiger partial charge on any atom is -0.370 e. The maximum Gasteiger partial charge on any atom is 0.411 e. The van der Waals surface area contributed by atoms with Gasteiger partial charge in [-0.05, 0) is 30.7 Å². The lowest BCUT2D eigenvalue weighted by Crippen LogP contribution is -2.29. The highest BCUT2D eigenvalue weighted by molar-refractivity contribution is 5.95. The Morgan fingerprint density at radius 2 is 2.05 bits per heavy atom. The van der Waals surface area contributed by atoms with Gasteiger partial charge in [0.1, 0.15) is 12.4 Å². The zero-order valence-electron chi connectivity index (χ0n) is 10.2. The lowest BCUT2D eigenvalue weighted by Gasteiger charge is -2.09. The van der Waals surface area contributed by atoms with Crippen LogP contribution in [0, 0.1) is 12.7 Å². The van der Waals surface area contributed by atoms with Crippen molar-refractivity contribution in [1.29, 1.82) is 0 Å². The van der Waals surface area contributed by atoms with E-state index >= 15 is 0 Å². The third-order valence-electron chi connectivity index (χ3n) is 2.23. The van der Waals surface area contributed by atoms with Crippen molar-refractivity contribution in [3.05, 3.63) is 35.1 Å². The zero-order valence-corrected chi connectivity index (χ0v) is 10.2. The van der Waals surface area contributed by atoms with Crippen LogP contribution >= 0.6 is 0 Å². The van der Waals surface area contributed by atoms with Gasteiger partial charge in [0.25, 0.3) is 5.91 Å². The summed E-state index contributed by atoms with van der Waals surface area (Å²) in [7, 11) is 0. The molecule has 0 aromatic heterocycles. The molecular weight excluding hydrogens is 266 g/mol. The van der Waals surface area contributed by atoms with Gasteiger partial charge in [0, 0.05) is 12.1 Å². The van der Waals surface area contributed by atoms with Crippen molar-refractivity contribution in [1.82, 2.24) is 5.32 Å². The van der Waals surface area contributed by atoms with E-state index in [9.17, 15) is 22.4 Å².